The van der Waals surface area contributed by atoms with E-state index in [1.165, 1.54) is 10.6 Å². The Kier molecular flexibility index (Phi) is 4.21. The highest BCUT2D eigenvalue weighted by atomic mass is 79.9. The lowest BCUT2D eigenvalue weighted by Crippen LogP contribution is -2.25. The number of halogens is 2. The second-order valence-electron chi connectivity index (χ2n) is 3.94. The Morgan fingerprint density at radius 1 is 1.21 bits per heavy atom. The molecule has 1 aromatic heterocycles. The normalized spacial score (nSPS) is 10.4. The van der Waals surface area contributed by atoms with Gasteiger partial charge in [0.05, 0.1) is 6.54 Å². The van der Waals surface area contributed by atoms with Gasteiger partial charge in [-0.2, -0.15) is 0 Å². The minimum absolute atomic E-state index is 0.225. The SMILES string of the molecule is O=C(O)c1cccn(Cc2cc(Br)cc(Br)c2)c1=O. The summed E-state index contributed by atoms with van der Waals surface area (Å²) in [4.78, 5) is 22.8. The van der Waals surface area contributed by atoms with Gasteiger partial charge >= 0.3 is 5.97 Å². The quantitative estimate of drug-likeness (QED) is 0.881. The van der Waals surface area contributed by atoms with Crippen LogP contribution in [0.2, 0.25) is 0 Å². The summed E-state index contributed by atoms with van der Waals surface area (Å²) in [6.07, 6.45) is 1.57. The molecule has 0 aliphatic carbocycles. The molecule has 4 nitrogen and oxygen atoms in total. The van der Waals surface area contributed by atoms with Gasteiger partial charge in [0, 0.05) is 15.1 Å². The molecule has 0 spiro atoms. The summed E-state index contributed by atoms with van der Waals surface area (Å²) >= 11 is 6.74. The van der Waals surface area contributed by atoms with E-state index >= 15 is 0 Å². The number of aromatic carboxylic acids is 1. The fraction of sp³-hybridized carbons (Fsp3) is 0.0769. The lowest BCUT2D eigenvalue weighted by Gasteiger charge is -2.07. The number of benzene rings is 1. The first-order valence-corrected chi connectivity index (χ1v) is 6.93. The number of carboxylic acids is 1. The van der Waals surface area contributed by atoms with Gasteiger partial charge in [-0.3, -0.25) is 4.79 Å². The predicted octanol–water partition coefficient (Wildman–Crippen LogP) is 3.12. The molecule has 0 fully saturated rings. The topological polar surface area (TPSA) is 59.3 Å². The lowest BCUT2D eigenvalue weighted by atomic mass is 10.2. The second kappa shape index (κ2) is 5.71. The maximum absolute atomic E-state index is 11.9. The van der Waals surface area contributed by atoms with E-state index in [1.807, 2.05) is 18.2 Å². The van der Waals surface area contributed by atoms with Gasteiger partial charge in [-0.05, 0) is 35.9 Å². The van der Waals surface area contributed by atoms with Crippen molar-refractivity contribution in [3.63, 3.8) is 0 Å². The number of pyridine rings is 1. The Morgan fingerprint density at radius 3 is 2.42 bits per heavy atom. The molecule has 98 valence electrons. The molecule has 1 N–H and O–H groups in total. The van der Waals surface area contributed by atoms with E-state index in [1.54, 1.807) is 12.3 Å². The fourth-order valence-electron chi connectivity index (χ4n) is 1.72. The third kappa shape index (κ3) is 3.33. The van der Waals surface area contributed by atoms with Crippen molar-refractivity contribution in [2.45, 2.75) is 6.54 Å². The first-order chi connectivity index (χ1) is 8.97. The highest BCUT2D eigenvalue weighted by Gasteiger charge is 2.10. The minimum atomic E-state index is -1.21. The van der Waals surface area contributed by atoms with Crippen molar-refractivity contribution in [3.8, 4) is 0 Å². The lowest BCUT2D eigenvalue weighted by molar-refractivity contribution is 0.0694. The van der Waals surface area contributed by atoms with Gasteiger partial charge in [0.25, 0.3) is 5.56 Å². The average Bonchev–Trinajstić information content (AvgIpc) is 2.30. The van der Waals surface area contributed by atoms with Crippen LogP contribution in [-0.2, 0) is 6.54 Å². The molecule has 0 unspecified atom stereocenters. The van der Waals surface area contributed by atoms with E-state index < -0.39 is 11.5 Å². The molecule has 2 aromatic rings. The molecule has 0 radical (unpaired) electrons. The summed E-state index contributed by atoms with van der Waals surface area (Å²) in [7, 11) is 0. The molecule has 0 aliphatic rings. The van der Waals surface area contributed by atoms with Crippen molar-refractivity contribution in [1.82, 2.24) is 4.57 Å². The van der Waals surface area contributed by atoms with Crippen LogP contribution in [0.3, 0.4) is 0 Å². The summed E-state index contributed by atoms with van der Waals surface area (Å²) in [5, 5.41) is 8.92. The van der Waals surface area contributed by atoms with Crippen molar-refractivity contribution in [2.75, 3.05) is 0 Å². The Bertz CT molecular complexity index is 674. The van der Waals surface area contributed by atoms with Crippen LogP contribution in [0.5, 0.6) is 0 Å². The summed E-state index contributed by atoms with van der Waals surface area (Å²) in [5.41, 5.74) is 0.161. The van der Waals surface area contributed by atoms with E-state index in [0.717, 1.165) is 14.5 Å². The zero-order valence-corrected chi connectivity index (χ0v) is 12.8. The largest absolute Gasteiger partial charge is 0.477 e. The van der Waals surface area contributed by atoms with Gasteiger partial charge in [0.15, 0.2) is 0 Å². The molecule has 0 saturated heterocycles. The maximum Gasteiger partial charge on any atom is 0.341 e. The van der Waals surface area contributed by atoms with Gasteiger partial charge < -0.3 is 9.67 Å². The van der Waals surface area contributed by atoms with E-state index in [4.69, 9.17) is 5.11 Å². The van der Waals surface area contributed by atoms with Crippen molar-refractivity contribution in [2.24, 2.45) is 0 Å². The monoisotopic (exact) mass is 385 g/mol. The molecule has 1 aromatic carbocycles. The summed E-state index contributed by atoms with van der Waals surface area (Å²) in [6.45, 7) is 0.317. The minimum Gasteiger partial charge on any atom is -0.477 e. The Hall–Kier alpha value is -1.40. The van der Waals surface area contributed by atoms with Gasteiger partial charge in [0.2, 0.25) is 0 Å². The van der Waals surface area contributed by atoms with E-state index in [9.17, 15) is 9.59 Å². The van der Waals surface area contributed by atoms with Crippen LogP contribution in [0.25, 0.3) is 0 Å². The molecule has 1 heterocycles. The number of aromatic nitrogens is 1. The summed E-state index contributed by atoms with van der Waals surface area (Å²) in [5.74, 6) is -1.21. The van der Waals surface area contributed by atoms with Crippen LogP contribution in [0, 0.1) is 0 Å². The van der Waals surface area contributed by atoms with Gasteiger partial charge in [-0.15, -0.1) is 0 Å². The third-order valence-electron chi connectivity index (χ3n) is 2.53. The van der Waals surface area contributed by atoms with E-state index in [-0.39, 0.29) is 5.56 Å². The molecule has 2 rings (SSSR count). The summed E-state index contributed by atoms with van der Waals surface area (Å²) < 4.78 is 3.15. The number of nitrogens with zero attached hydrogens (tertiary/aromatic N) is 1. The predicted molar refractivity (Wildman–Crippen MR) is 78.6 cm³/mol. The second-order valence-corrected chi connectivity index (χ2v) is 5.77. The molecule has 0 bridgehead atoms. The van der Waals surface area contributed by atoms with E-state index in [2.05, 4.69) is 31.9 Å². The average molecular weight is 387 g/mol. The van der Waals surface area contributed by atoms with Crippen LogP contribution in [0.15, 0.2) is 50.3 Å². The smallest absolute Gasteiger partial charge is 0.341 e. The third-order valence-corrected chi connectivity index (χ3v) is 3.44. The van der Waals surface area contributed by atoms with Crippen LogP contribution < -0.4 is 5.56 Å². The van der Waals surface area contributed by atoms with Crippen LogP contribution in [0.4, 0.5) is 0 Å². The van der Waals surface area contributed by atoms with Crippen molar-refractivity contribution >= 4 is 37.8 Å². The Morgan fingerprint density at radius 2 is 1.84 bits per heavy atom. The summed E-state index contributed by atoms with van der Waals surface area (Å²) in [6, 6.07) is 8.51. The fourth-order valence-corrected chi connectivity index (χ4v) is 3.11. The molecular weight excluding hydrogens is 378 g/mol. The molecule has 0 atom stereocenters. The van der Waals surface area contributed by atoms with Crippen LogP contribution in [-0.4, -0.2) is 15.6 Å². The molecule has 19 heavy (non-hydrogen) atoms. The molecular formula is C13H9Br2NO3. The highest BCUT2D eigenvalue weighted by Crippen LogP contribution is 2.20. The Labute approximate surface area is 126 Å². The number of carboxylic acid groups (broad SMARTS) is 1. The molecule has 0 aliphatic heterocycles. The highest BCUT2D eigenvalue weighted by molar-refractivity contribution is 9.11. The number of hydrogen-bond donors (Lipinski definition) is 1. The number of carbonyl (C=O) groups is 1. The number of hydrogen-bond acceptors (Lipinski definition) is 2. The van der Waals surface area contributed by atoms with Gasteiger partial charge in [-0.25, -0.2) is 4.79 Å². The first kappa shape index (κ1) is 14.0. The zero-order valence-electron chi connectivity index (χ0n) is 9.64. The zero-order chi connectivity index (χ0) is 14.0. The van der Waals surface area contributed by atoms with Crippen LogP contribution >= 0.6 is 31.9 Å². The van der Waals surface area contributed by atoms with Crippen molar-refractivity contribution in [1.29, 1.82) is 0 Å². The molecule has 0 amide bonds. The van der Waals surface area contributed by atoms with Crippen LogP contribution in [0.1, 0.15) is 15.9 Å². The molecule has 6 heteroatoms. The van der Waals surface area contributed by atoms with Gasteiger partial charge in [-0.1, -0.05) is 31.9 Å². The maximum atomic E-state index is 11.9. The Balaban J connectivity index is 2.41. The van der Waals surface area contributed by atoms with Gasteiger partial charge in [0.1, 0.15) is 5.56 Å². The van der Waals surface area contributed by atoms with E-state index in [0.29, 0.717) is 6.54 Å². The first-order valence-electron chi connectivity index (χ1n) is 5.35. The molecule has 0 saturated carbocycles. The van der Waals surface area contributed by atoms with Crippen molar-refractivity contribution < 1.29 is 9.90 Å². The number of rotatable bonds is 3. The standard InChI is InChI=1S/C13H9Br2NO3/c14-9-4-8(5-10(15)6-9)7-16-3-1-2-11(12(16)17)13(18)19/h1-6H,7H2,(H,18,19). The van der Waals surface area contributed by atoms with Crippen molar-refractivity contribution in [3.05, 3.63) is 67.0 Å².